The number of hydrogen-bond acceptors (Lipinski definition) is 4. The van der Waals surface area contributed by atoms with Crippen LogP contribution in [0, 0.1) is 0 Å². The highest BCUT2D eigenvalue weighted by molar-refractivity contribution is 7.89. The number of benzene rings is 1. The van der Waals surface area contributed by atoms with Gasteiger partial charge in [0, 0.05) is 18.7 Å². The fourth-order valence-corrected chi connectivity index (χ4v) is 3.21. The van der Waals surface area contributed by atoms with E-state index in [1.807, 2.05) is 6.08 Å². The van der Waals surface area contributed by atoms with Gasteiger partial charge in [0.05, 0.1) is 4.90 Å². The Morgan fingerprint density at radius 2 is 1.88 bits per heavy atom. The molecular formula is C15H18F3N3O3S. The molecule has 1 aromatic rings. The van der Waals surface area contributed by atoms with Crippen molar-refractivity contribution in [1.29, 1.82) is 0 Å². The summed E-state index contributed by atoms with van der Waals surface area (Å²) < 4.78 is 63.1. The molecule has 25 heavy (non-hydrogen) atoms. The number of carbonyl (C=O) groups excluding carboxylic acids is 1. The van der Waals surface area contributed by atoms with Gasteiger partial charge in [-0.1, -0.05) is 11.6 Å². The Morgan fingerprint density at radius 1 is 1.20 bits per heavy atom. The van der Waals surface area contributed by atoms with Crippen molar-refractivity contribution in [2.24, 2.45) is 0 Å². The highest BCUT2D eigenvalue weighted by Gasteiger charge is 2.28. The lowest BCUT2D eigenvalue weighted by Crippen LogP contribution is -2.33. The molecule has 1 aromatic carbocycles. The third kappa shape index (κ3) is 6.15. The number of amides is 1. The summed E-state index contributed by atoms with van der Waals surface area (Å²) in [6, 6.07) is 4.71. The van der Waals surface area contributed by atoms with Gasteiger partial charge >= 0.3 is 6.18 Å². The van der Waals surface area contributed by atoms with Crippen molar-refractivity contribution in [2.45, 2.75) is 17.5 Å². The van der Waals surface area contributed by atoms with E-state index in [0.29, 0.717) is 6.54 Å². The molecular weight excluding hydrogens is 359 g/mol. The first-order valence-electron chi connectivity index (χ1n) is 7.51. The fourth-order valence-electron chi connectivity index (χ4n) is 2.17. The molecule has 0 aliphatic carbocycles. The lowest BCUT2D eigenvalue weighted by atomic mass is 10.1. The zero-order valence-electron chi connectivity index (χ0n) is 13.2. The molecule has 3 N–H and O–H groups in total. The summed E-state index contributed by atoms with van der Waals surface area (Å²) in [5.74, 6) is -0.922. The summed E-state index contributed by atoms with van der Waals surface area (Å²) in [6.45, 7) is 0.226. The van der Waals surface area contributed by atoms with E-state index in [2.05, 4.69) is 10.0 Å². The van der Waals surface area contributed by atoms with Crippen LogP contribution in [0.2, 0.25) is 0 Å². The molecule has 1 aliphatic rings. The zero-order valence-corrected chi connectivity index (χ0v) is 14.0. The number of alkyl halides is 3. The van der Waals surface area contributed by atoms with Crippen molar-refractivity contribution in [3.8, 4) is 0 Å². The largest absolute Gasteiger partial charge is 0.405 e. The smallest absolute Gasteiger partial charge is 0.343 e. The number of sulfonamides is 1. The molecule has 0 unspecified atom stereocenters. The van der Waals surface area contributed by atoms with Crippen LogP contribution >= 0.6 is 0 Å². The van der Waals surface area contributed by atoms with Crippen molar-refractivity contribution in [1.82, 2.24) is 15.4 Å². The second-order valence-corrected chi connectivity index (χ2v) is 7.23. The van der Waals surface area contributed by atoms with E-state index >= 15 is 0 Å². The summed E-state index contributed by atoms with van der Waals surface area (Å²) in [5.41, 5.74) is 0.926. The van der Waals surface area contributed by atoms with Crippen LogP contribution < -0.4 is 15.4 Å². The minimum absolute atomic E-state index is 0.0516. The molecule has 10 heteroatoms. The zero-order chi connectivity index (χ0) is 18.5. The van der Waals surface area contributed by atoms with Gasteiger partial charge in [0.15, 0.2) is 0 Å². The van der Waals surface area contributed by atoms with Gasteiger partial charge in [-0.25, -0.2) is 13.1 Å². The van der Waals surface area contributed by atoms with Crippen LogP contribution in [-0.4, -0.2) is 46.7 Å². The van der Waals surface area contributed by atoms with E-state index in [1.54, 1.807) is 5.32 Å². The van der Waals surface area contributed by atoms with Crippen molar-refractivity contribution >= 4 is 15.9 Å². The Labute approximate surface area is 143 Å². The topological polar surface area (TPSA) is 87.3 Å². The second-order valence-electron chi connectivity index (χ2n) is 5.46. The number of carbonyl (C=O) groups is 1. The third-order valence-electron chi connectivity index (χ3n) is 3.52. The average Bonchev–Trinajstić information content (AvgIpc) is 2.58. The normalized spacial score (nSPS) is 15.6. The molecule has 1 heterocycles. The molecule has 1 aliphatic heterocycles. The number of hydrogen-bond donors (Lipinski definition) is 3. The molecule has 1 amide bonds. The van der Waals surface area contributed by atoms with E-state index in [-0.39, 0.29) is 17.0 Å². The van der Waals surface area contributed by atoms with Crippen LogP contribution in [0.25, 0.3) is 0 Å². The molecule has 0 aromatic heterocycles. The van der Waals surface area contributed by atoms with Crippen molar-refractivity contribution in [3.63, 3.8) is 0 Å². The standard InChI is InChI=1S/C15H18F3N3O3S/c16-15(17,18)10-20-14(22)12-1-3-13(4-2-12)25(23,24)21-9-11-5-7-19-8-6-11/h1-5,19,21H,6-10H2,(H,20,22). The van der Waals surface area contributed by atoms with Gasteiger partial charge in [0.1, 0.15) is 6.54 Å². The van der Waals surface area contributed by atoms with E-state index in [9.17, 15) is 26.4 Å². The second kappa shape index (κ2) is 7.98. The summed E-state index contributed by atoms with van der Waals surface area (Å²) in [4.78, 5) is 11.5. The van der Waals surface area contributed by atoms with Crippen LogP contribution in [0.3, 0.4) is 0 Å². The highest BCUT2D eigenvalue weighted by atomic mass is 32.2. The Hall–Kier alpha value is -1.91. The summed E-state index contributed by atoms with van der Waals surface area (Å²) >= 11 is 0. The van der Waals surface area contributed by atoms with Gasteiger partial charge < -0.3 is 10.6 Å². The molecule has 0 atom stereocenters. The Morgan fingerprint density at radius 3 is 2.44 bits per heavy atom. The molecule has 0 bridgehead atoms. The van der Waals surface area contributed by atoms with E-state index in [1.165, 1.54) is 24.3 Å². The Bertz CT molecular complexity index is 744. The van der Waals surface area contributed by atoms with Gasteiger partial charge in [-0.15, -0.1) is 0 Å². The Balaban J connectivity index is 1.97. The Kier molecular flexibility index (Phi) is 6.20. The minimum Gasteiger partial charge on any atom is -0.343 e. The van der Waals surface area contributed by atoms with Crippen LogP contribution in [0.1, 0.15) is 16.8 Å². The third-order valence-corrected chi connectivity index (χ3v) is 4.94. The molecule has 0 fully saturated rings. The van der Waals surface area contributed by atoms with Gasteiger partial charge in [-0.2, -0.15) is 13.2 Å². The first-order chi connectivity index (χ1) is 11.7. The molecule has 138 valence electrons. The van der Waals surface area contributed by atoms with E-state index < -0.39 is 28.7 Å². The number of nitrogens with one attached hydrogen (secondary N) is 3. The highest BCUT2D eigenvalue weighted by Crippen LogP contribution is 2.14. The van der Waals surface area contributed by atoms with E-state index in [0.717, 1.165) is 18.5 Å². The molecule has 2 rings (SSSR count). The lowest BCUT2D eigenvalue weighted by Gasteiger charge is -2.15. The van der Waals surface area contributed by atoms with Crippen LogP contribution in [0.4, 0.5) is 13.2 Å². The van der Waals surface area contributed by atoms with Crippen LogP contribution in [-0.2, 0) is 10.0 Å². The molecule has 0 saturated heterocycles. The predicted molar refractivity (Wildman–Crippen MR) is 85.6 cm³/mol. The SMILES string of the molecule is O=C(NCC(F)(F)F)c1ccc(S(=O)(=O)NCC2=CCNCC2)cc1. The summed E-state index contributed by atoms with van der Waals surface area (Å²) in [5, 5.41) is 4.84. The number of rotatable bonds is 6. The first kappa shape index (κ1) is 19.4. The van der Waals surface area contributed by atoms with Crippen LogP contribution in [0.5, 0.6) is 0 Å². The average molecular weight is 377 g/mol. The molecule has 0 saturated carbocycles. The maximum absolute atomic E-state index is 12.2. The van der Waals surface area contributed by atoms with E-state index in [4.69, 9.17) is 0 Å². The minimum atomic E-state index is -4.51. The first-order valence-corrected chi connectivity index (χ1v) is 8.99. The molecule has 6 nitrogen and oxygen atoms in total. The van der Waals surface area contributed by atoms with Gasteiger partial charge in [-0.3, -0.25) is 4.79 Å². The monoisotopic (exact) mass is 377 g/mol. The molecule has 0 radical (unpaired) electrons. The van der Waals surface area contributed by atoms with Gasteiger partial charge in [-0.05, 0) is 37.2 Å². The van der Waals surface area contributed by atoms with Crippen LogP contribution in [0.15, 0.2) is 40.8 Å². The fraction of sp³-hybridized carbons (Fsp3) is 0.400. The molecule has 0 spiro atoms. The maximum Gasteiger partial charge on any atom is 0.405 e. The van der Waals surface area contributed by atoms with Gasteiger partial charge in [0.2, 0.25) is 10.0 Å². The predicted octanol–water partition coefficient (Wildman–Crippen LogP) is 1.18. The summed E-state index contributed by atoms with van der Waals surface area (Å²) in [6.07, 6.45) is -1.84. The summed E-state index contributed by atoms with van der Waals surface area (Å²) in [7, 11) is -3.76. The van der Waals surface area contributed by atoms with Crippen molar-refractivity contribution in [2.75, 3.05) is 26.2 Å². The van der Waals surface area contributed by atoms with Gasteiger partial charge in [0.25, 0.3) is 5.91 Å². The lowest BCUT2D eigenvalue weighted by molar-refractivity contribution is -0.123. The number of halogens is 3. The van der Waals surface area contributed by atoms with Crippen molar-refractivity contribution < 1.29 is 26.4 Å². The van der Waals surface area contributed by atoms with Crippen molar-refractivity contribution in [3.05, 3.63) is 41.5 Å². The maximum atomic E-state index is 12.2. The quantitative estimate of drug-likeness (QED) is 0.650.